The fourth-order valence-electron chi connectivity index (χ4n) is 1.34. The van der Waals surface area contributed by atoms with Crippen LogP contribution < -0.4 is 5.32 Å². The number of hydrogen-bond donors (Lipinski definition) is 1. The molecule has 1 atom stereocenters. The summed E-state index contributed by atoms with van der Waals surface area (Å²) >= 11 is 1.90. The molecule has 0 aliphatic heterocycles. The molecule has 0 fully saturated rings. The van der Waals surface area contributed by atoms with Gasteiger partial charge in [0.2, 0.25) is 0 Å². The van der Waals surface area contributed by atoms with Crippen LogP contribution in [-0.2, 0) is 6.54 Å². The maximum Gasteiger partial charge on any atom is 0.137 e. The third-order valence-corrected chi connectivity index (χ3v) is 2.97. The Balaban J connectivity index is 2.01. The predicted octanol–water partition coefficient (Wildman–Crippen LogP) is 1.40. The van der Waals surface area contributed by atoms with Crippen molar-refractivity contribution in [3.05, 3.63) is 12.7 Å². The number of hydrogen-bond acceptors (Lipinski definition) is 4. The van der Waals surface area contributed by atoms with Crippen molar-refractivity contribution >= 4 is 11.8 Å². The van der Waals surface area contributed by atoms with Gasteiger partial charge in [-0.15, -0.1) is 0 Å². The zero-order chi connectivity index (χ0) is 10.9. The molecule has 4 nitrogen and oxygen atoms in total. The summed E-state index contributed by atoms with van der Waals surface area (Å²) in [5, 5.41) is 7.58. The van der Waals surface area contributed by atoms with Gasteiger partial charge < -0.3 is 5.32 Å². The lowest BCUT2D eigenvalue weighted by Crippen LogP contribution is -2.28. The highest BCUT2D eigenvalue weighted by Crippen LogP contribution is 1.97. The minimum atomic E-state index is 0.552. The Kier molecular flexibility index (Phi) is 6.43. The van der Waals surface area contributed by atoms with E-state index < -0.39 is 0 Å². The van der Waals surface area contributed by atoms with Crippen LogP contribution in [0.3, 0.4) is 0 Å². The Morgan fingerprint density at radius 3 is 3.07 bits per heavy atom. The number of rotatable bonds is 8. The quantitative estimate of drug-likeness (QED) is 0.683. The van der Waals surface area contributed by atoms with E-state index in [-0.39, 0.29) is 0 Å². The zero-order valence-electron chi connectivity index (χ0n) is 9.52. The second kappa shape index (κ2) is 7.70. The van der Waals surface area contributed by atoms with E-state index in [0.29, 0.717) is 6.04 Å². The van der Waals surface area contributed by atoms with Gasteiger partial charge in [0.05, 0.1) is 0 Å². The van der Waals surface area contributed by atoms with Gasteiger partial charge in [0, 0.05) is 12.6 Å². The van der Waals surface area contributed by atoms with E-state index in [0.717, 1.165) is 19.5 Å². The molecule has 0 aromatic carbocycles. The molecule has 1 aromatic rings. The zero-order valence-corrected chi connectivity index (χ0v) is 10.3. The van der Waals surface area contributed by atoms with E-state index >= 15 is 0 Å². The Hall–Kier alpha value is -0.550. The van der Waals surface area contributed by atoms with Crippen LogP contribution in [0.1, 0.15) is 19.8 Å². The molecule has 0 radical (unpaired) electrons. The summed E-state index contributed by atoms with van der Waals surface area (Å²) in [7, 11) is 0. The Morgan fingerprint density at radius 1 is 1.53 bits per heavy atom. The molecule has 86 valence electrons. The van der Waals surface area contributed by atoms with Gasteiger partial charge in [-0.05, 0) is 38.3 Å². The fourth-order valence-corrected chi connectivity index (χ4v) is 1.77. The molecule has 1 unspecified atom stereocenters. The largest absolute Gasteiger partial charge is 0.314 e. The Labute approximate surface area is 95.9 Å². The lowest BCUT2D eigenvalue weighted by molar-refractivity contribution is 0.459. The first-order chi connectivity index (χ1) is 7.33. The van der Waals surface area contributed by atoms with Gasteiger partial charge in [0.15, 0.2) is 0 Å². The van der Waals surface area contributed by atoms with Crippen molar-refractivity contribution in [1.82, 2.24) is 20.1 Å². The van der Waals surface area contributed by atoms with E-state index in [1.165, 1.54) is 12.2 Å². The van der Waals surface area contributed by atoms with Gasteiger partial charge in [-0.25, -0.2) is 4.98 Å². The van der Waals surface area contributed by atoms with E-state index in [4.69, 9.17) is 0 Å². The predicted molar refractivity (Wildman–Crippen MR) is 65.1 cm³/mol. The molecular formula is C10H20N4S. The van der Waals surface area contributed by atoms with Crippen molar-refractivity contribution in [3.8, 4) is 0 Å². The van der Waals surface area contributed by atoms with Gasteiger partial charge in [-0.1, -0.05) is 0 Å². The molecule has 0 spiro atoms. The Bertz CT molecular complexity index is 238. The molecule has 0 amide bonds. The topological polar surface area (TPSA) is 42.7 Å². The molecule has 0 aliphatic rings. The normalized spacial score (nSPS) is 12.9. The SMILES string of the molecule is CSCCCNC(C)CCn1cncn1. The summed E-state index contributed by atoms with van der Waals surface area (Å²) in [5.41, 5.74) is 0. The molecule has 0 saturated heterocycles. The van der Waals surface area contributed by atoms with Gasteiger partial charge in [-0.3, -0.25) is 4.68 Å². The van der Waals surface area contributed by atoms with Crippen molar-refractivity contribution < 1.29 is 0 Å². The van der Waals surface area contributed by atoms with Crippen LogP contribution in [-0.4, -0.2) is 39.4 Å². The first-order valence-corrected chi connectivity index (χ1v) is 6.77. The van der Waals surface area contributed by atoms with E-state index in [1.807, 2.05) is 16.4 Å². The van der Waals surface area contributed by atoms with Gasteiger partial charge >= 0.3 is 0 Å². The minimum absolute atomic E-state index is 0.552. The Morgan fingerprint density at radius 2 is 2.40 bits per heavy atom. The van der Waals surface area contributed by atoms with E-state index in [1.54, 1.807) is 12.7 Å². The van der Waals surface area contributed by atoms with Gasteiger partial charge in [0.25, 0.3) is 0 Å². The maximum atomic E-state index is 4.07. The maximum absolute atomic E-state index is 4.07. The molecule has 0 aliphatic carbocycles. The van der Waals surface area contributed by atoms with Crippen LogP contribution in [0.5, 0.6) is 0 Å². The number of aromatic nitrogens is 3. The first kappa shape index (κ1) is 12.5. The third kappa shape index (κ3) is 5.79. The average molecular weight is 228 g/mol. The molecule has 5 heteroatoms. The molecule has 1 N–H and O–H groups in total. The van der Waals surface area contributed by atoms with Crippen molar-refractivity contribution in [2.75, 3.05) is 18.6 Å². The van der Waals surface area contributed by atoms with Gasteiger partial charge in [0.1, 0.15) is 12.7 Å². The summed E-state index contributed by atoms with van der Waals surface area (Å²) in [4.78, 5) is 3.92. The summed E-state index contributed by atoms with van der Waals surface area (Å²) in [5.74, 6) is 1.24. The summed E-state index contributed by atoms with van der Waals surface area (Å²) < 4.78 is 1.88. The number of thioether (sulfide) groups is 1. The molecule has 1 aromatic heterocycles. The summed E-state index contributed by atoms with van der Waals surface area (Å²) in [6.45, 7) is 4.27. The molecular weight excluding hydrogens is 208 g/mol. The highest BCUT2D eigenvalue weighted by molar-refractivity contribution is 7.98. The molecule has 1 heterocycles. The monoisotopic (exact) mass is 228 g/mol. The highest BCUT2D eigenvalue weighted by Gasteiger charge is 2.01. The van der Waals surface area contributed by atoms with Crippen molar-refractivity contribution in [3.63, 3.8) is 0 Å². The fraction of sp³-hybridized carbons (Fsp3) is 0.800. The number of nitrogens with one attached hydrogen (secondary N) is 1. The lowest BCUT2D eigenvalue weighted by Gasteiger charge is -2.13. The van der Waals surface area contributed by atoms with E-state index in [9.17, 15) is 0 Å². The van der Waals surface area contributed by atoms with Crippen LogP contribution in [0, 0.1) is 0 Å². The second-order valence-electron chi connectivity index (χ2n) is 3.65. The molecule has 0 saturated carbocycles. The van der Waals surface area contributed by atoms with Crippen molar-refractivity contribution in [2.45, 2.75) is 32.4 Å². The summed E-state index contributed by atoms with van der Waals surface area (Å²) in [6, 6.07) is 0.552. The third-order valence-electron chi connectivity index (χ3n) is 2.28. The van der Waals surface area contributed by atoms with Crippen molar-refractivity contribution in [1.29, 1.82) is 0 Å². The van der Waals surface area contributed by atoms with Crippen LogP contribution in [0.2, 0.25) is 0 Å². The first-order valence-electron chi connectivity index (χ1n) is 5.37. The summed E-state index contributed by atoms with van der Waals surface area (Å²) in [6.07, 6.45) is 7.84. The van der Waals surface area contributed by atoms with Crippen molar-refractivity contribution in [2.24, 2.45) is 0 Å². The minimum Gasteiger partial charge on any atom is -0.314 e. The van der Waals surface area contributed by atoms with Crippen LogP contribution in [0.4, 0.5) is 0 Å². The molecule has 15 heavy (non-hydrogen) atoms. The lowest BCUT2D eigenvalue weighted by atomic mass is 10.2. The molecule has 1 rings (SSSR count). The smallest absolute Gasteiger partial charge is 0.137 e. The van der Waals surface area contributed by atoms with E-state index in [2.05, 4.69) is 28.6 Å². The standard InChI is InChI=1S/C10H20N4S/c1-10(12-5-3-7-15-2)4-6-14-9-11-8-13-14/h8-10,12H,3-7H2,1-2H3. The number of nitrogens with zero attached hydrogens (tertiary/aromatic N) is 3. The highest BCUT2D eigenvalue weighted by atomic mass is 32.2. The van der Waals surface area contributed by atoms with Crippen LogP contribution in [0.25, 0.3) is 0 Å². The number of aryl methyl sites for hydroxylation is 1. The van der Waals surface area contributed by atoms with Crippen LogP contribution >= 0.6 is 11.8 Å². The van der Waals surface area contributed by atoms with Crippen LogP contribution in [0.15, 0.2) is 12.7 Å². The average Bonchev–Trinajstić information content (AvgIpc) is 2.74. The second-order valence-corrected chi connectivity index (χ2v) is 4.63. The van der Waals surface area contributed by atoms with Gasteiger partial charge in [-0.2, -0.15) is 16.9 Å². The molecule has 0 bridgehead atoms.